The summed E-state index contributed by atoms with van der Waals surface area (Å²) in [6.45, 7) is 1.64. The van der Waals surface area contributed by atoms with Crippen molar-refractivity contribution in [1.82, 2.24) is 14.7 Å². The highest BCUT2D eigenvalue weighted by atomic mass is 16.2. The van der Waals surface area contributed by atoms with Gasteiger partial charge < -0.3 is 10.6 Å². The van der Waals surface area contributed by atoms with Gasteiger partial charge in [0.05, 0.1) is 18.3 Å². The quantitative estimate of drug-likeness (QED) is 0.766. The van der Waals surface area contributed by atoms with E-state index in [0.29, 0.717) is 31.4 Å². The van der Waals surface area contributed by atoms with Gasteiger partial charge >= 0.3 is 0 Å². The Morgan fingerprint density at radius 2 is 1.81 bits per heavy atom. The van der Waals surface area contributed by atoms with Crippen LogP contribution in [0, 0.1) is 0 Å². The number of fused-ring (bicyclic) bond motifs is 1. The van der Waals surface area contributed by atoms with Crippen LogP contribution in [0.1, 0.15) is 17.9 Å². The number of amides is 1. The molecule has 6 nitrogen and oxygen atoms in total. The van der Waals surface area contributed by atoms with Gasteiger partial charge in [-0.1, -0.05) is 42.5 Å². The minimum Gasteiger partial charge on any atom is -0.340 e. The summed E-state index contributed by atoms with van der Waals surface area (Å²) >= 11 is 0. The number of nitrogens with two attached hydrogens (primary N) is 1. The molecule has 6 heteroatoms. The van der Waals surface area contributed by atoms with Gasteiger partial charge in [0, 0.05) is 36.9 Å². The number of aryl methyl sites for hydroxylation is 1. The van der Waals surface area contributed by atoms with Crippen LogP contribution in [0.5, 0.6) is 0 Å². The second-order valence-corrected chi connectivity index (χ2v) is 6.98. The van der Waals surface area contributed by atoms with Gasteiger partial charge in [-0.3, -0.25) is 14.3 Å². The Kier molecular flexibility index (Phi) is 4.73. The third kappa shape index (κ3) is 3.48. The van der Waals surface area contributed by atoms with Gasteiger partial charge in [-0.25, -0.2) is 0 Å². The van der Waals surface area contributed by atoms with E-state index in [2.05, 4.69) is 17.2 Å². The van der Waals surface area contributed by atoms with Crippen LogP contribution in [0.15, 0.2) is 65.6 Å². The van der Waals surface area contributed by atoms with Crippen molar-refractivity contribution in [3.05, 3.63) is 76.6 Å². The first-order valence-corrected chi connectivity index (χ1v) is 9.16. The van der Waals surface area contributed by atoms with Crippen molar-refractivity contribution >= 4 is 16.8 Å². The van der Waals surface area contributed by atoms with Crippen LogP contribution in [-0.4, -0.2) is 39.7 Å². The second kappa shape index (κ2) is 7.32. The molecule has 1 saturated heterocycles. The van der Waals surface area contributed by atoms with Crippen LogP contribution in [0.3, 0.4) is 0 Å². The number of likely N-dealkylation sites (tertiary alicyclic amines) is 1. The first-order valence-electron chi connectivity index (χ1n) is 9.16. The number of carbonyl (C=O) groups excluding carboxylic acids is 1. The van der Waals surface area contributed by atoms with E-state index >= 15 is 0 Å². The Morgan fingerprint density at radius 3 is 2.63 bits per heavy atom. The fourth-order valence-corrected chi connectivity index (χ4v) is 3.78. The molecule has 0 bridgehead atoms. The normalized spacial score (nSPS) is 19.5. The van der Waals surface area contributed by atoms with Crippen molar-refractivity contribution in [2.24, 2.45) is 5.73 Å². The summed E-state index contributed by atoms with van der Waals surface area (Å²) in [7, 11) is 0. The van der Waals surface area contributed by atoms with Crippen LogP contribution < -0.4 is 11.2 Å². The smallest absolute Gasteiger partial charge is 0.224 e. The highest BCUT2D eigenvalue weighted by molar-refractivity contribution is 5.79. The lowest BCUT2D eigenvalue weighted by molar-refractivity contribution is -0.130. The summed E-state index contributed by atoms with van der Waals surface area (Å²) in [4.78, 5) is 26.5. The number of hydrogen-bond donors (Lipinski definition) is 1. The molecular weight excluding hydrogens is 340 g/mol. The molecule has 3 aromatic rings. The molecule has 0 aliphatic carbocycles. The zero-order chi connectivity index (χ0) is 18.8. The standard InChI is InChI=1S/C21H22N4O2/c22-18-14-24(13-17(18)15-6-2-1-3-7-15)21(27)10-11-25-19-9-5-4-8-16(19)20(26)12-23-25/h1-9,12,17-18H,10-11,13-14,22H2/t17-,18+/m0/s1. The number of rotatable bonds is 4. The highest BCUT2D eigenvalue weighted by Gasteiger charge is 2.33. The first-order chi connectivity index (χ1) is 13.1. The van der Waals surface area contributed by atoms with Gasteiger partial charge in [-0.2, -0.15) is 5.10 Å². The third-order valence-corrected chi connectivity index (χ3v) is 5.24. The molecule has 2 heterocycles. The Hall–Kier alpha value is -2.99. The second-order valence-electron chi connectivity index (χ2n) is 6.98. The topological polar surface area (TPSA) is 81.2 Å². The fourth-order valence-electron chi connectivity index (χ4n) is 3.78. The maximum Gasteiger partial charge on any atom is 0.224 e. The van der Waals surface area contributed by atoms with Gasteiger partial charge in [0.1, 0.15) is 0 Å². The fraction of sp³-hybridized carbons (Fsp3) is 0.286. The lowest BCUT2D eigenvalue weighted by Gasteiger charge is -2.17. The summed E-state index contributed by atoms with van der Waals surface area (Å²) < 4.78 is 1.72. The predicted octanol–water partition coefficient (Wildman–Crippen LogP) is 1.74. The van der Waals surface area contributed by atoms with Gasteiger partial charge in [0.15, 0.2) is 0 Å². The van der Waals surface area contributed by atoms with Crippen LogP contribution in [0.25, 0.3) is 10.9 Å². The number of para-hydroxylation sites is 1. The molecule has 4 rings (SSSR count). The maximum atomic E-state index is 12.7. The van der Waals surface area contributed by atoms with E-state index in [9.17, 15) is 9.59 Å². The lowest BCUT2D eigenvalue weighted by Crippen LogP contribution is -2.32. The van der Waals surface area contributed by atoms with Gasteiger partial charge in [-0.05, 0) is 17.7 Å². The van der Waals surface area contributed by atoms with E-state index < -0.39 is 0 Å². The highest BCUT2D eigenvalue weighted by Crippen LogP contribution is 2.26. The molecule has 2 N–H and O–H groups in total. The molecule has 138 valence electrons. The molecule has 2 aromatic carbocycles. The average Bonchev–Trinajstić information content (AvgIpc) is 3.10. The number of carbonyl (C=O) groups is 1. The minimum atomic E-state index is -0.107. The molecule has 27 heavy (non-hydrogen) atoms. The van der Waals surface area contributed by atoms with Crippen LogP contribution in [0.2, 0.25) is 0 Å². The number of benzene rings is 2. The number of nitrogens with zero attached hydrogens (tertiary/aromatic N) is 3. The zero-order valence-electron chi connectivity index (χ0n) is 15.0. The molecule has 0 saturated carbocycles. The largest absolute Gasteiger partial charge is 0.340 e. The van der Waals surface area contributed by atoms with E-state index in [1.54, 1.807) is 10.7 Å². The van der Waals surface area contributed by atoms with E-state index in [1.807, 2.05) is 41.3 Å². The van der Waals surface area contributed by atoms with Crippen molar-refractivity contribution in [1.29, 1.82) is 0 Å². The Labute approximate surface area is 157 Å². The van der Waals surface area contributed by atoms with Crippen LogP contribution in [-0.2, 0) is 11.3 Å². The summed E-state index contributed by atoms with van der Waals surface area (Å²) in [6.07, 6.45) is 1.64. The molecule has 0 unspecified atom stereocenters. The Morgan fingerprint density at radius 1 is 1.07 bits per heavy atom. The predicted molar refractivity (Wildman–Crippen MR) is 104 cm³/mol. The average molecular weight is 362 g/mol. The van der Waals surface area contributed by atoms with Gasteiger partial charge in [0.2, 0.25) is 11.3 Å². The summed E-state index contributed by atoms with van der Waals surface area (Å²) in [5.74, 6) is 0.231. The maximum absolute atomic E-state index is 12.7. The van der Waals surface area contributed by atoms with Crippen LogP contribution >= 0.6 is 0 Å². The molecule has 0 radical (unpaired) electrons. The molecule has 2 atom stereocenters. The third-order valence-electron chi connectivity index (χ3n) is 5.24. The number of aromatic nitrogens is 2. The molecule has 1 aromatic heterocycles. The SMILES string of the molecule is N[C@@H]1CN(C(=O)CCn2ncc(=O)c3ccccc32)C[C@H]1c1ccccc1. The molecule has 1 aliphatic heterocycles. The molecular formula is C21H22N4O2. The van der Waals surface area contributed by atoms with Crippen molar-refractivity contribution in [2.45, 2.75) is 24.9 Å². The summed E-state index contributed by atoms with van der Waals surface area (Å²) in [6, 6.07) is 17.4. The molecule has 1 fully saturated rings. The van der Waals surface area contributed by atoms with Crippen LogP contribution in [0.4, 0.5) is 0 Å². The molecule has 1 amide bonds. The number of hydrogen-bond acceptors (Lipinski definition) is 4. The first kappa shape index (κ1) is 17.4. The summed E-state index contributed by atoms with van der Waals surface area (Å²) in [5, 5.41) is 4.81. The minimum absolute atomic E-state index is 0.0531. The van der Waals surface area contributed by atoms with Crippen molar-refractivity contribution in [3.8, 4) is 0 Å². The van der Waals surface area contributed by atoms with Gasteiger partial charge in [-0.15, -0.1) is 0 Å². The van der Waals surface area contributed by atoms with Gasteiger partial charge in [0.25, 0.3) is 0 Å². The van der Waals surface area contributed by atoms with E-state index in [0.717, 1.165) is 5.52 Å². The van der Waals surface area contributed by atoms with Crippen molar-refractivity contribution in [2.75, 3.05) is 13.1 Å². The molecule has 1 aliphatic rings. The monoisotopic (exact) mass is 362 g/mol. The van der Waals surface area contributed by atoms with E-state index in [1.165, 1.54) is 11.8 Å². The molecule has 0 spiro atoms. The van der Waals surface area contributed by atoms with Crippen molar-refractivity contribution < 1.29 is 4.79 Å². The Balaban J connectivity index is 1.45. The van der Waals surface area contributed by atoms with E-state index in [-0.39, 0.29) is 23.3 Å². The lowest BCUT2D eigenvalue weighted by atomic mass is 9.95. The summed E-state index contributed by atoms with van der Waals surface area (Å²) in [5.41, 5.74) is 8.11. The Bertz CT molecular complexity index is 1020. The van der Waals surface area contributed by atoms with Crippen molar-refractivity contribution in [3.63, 3.8) is 0 Å². The zero-order valence-corrected chi connectivity index (χ0v) is 15.0. The van der Waals surface area contributed by atoms with E-state index in [4.69, 9.17) is 5.73 Å².